The first-order chi connectivity index (χ1) is 9.52. The van der Waals surface area contributed by atoms with Gasteiger partial charge in [-0.1, -0.05) is 71.4 Å². The standard InChI is InChI=1S/C19H33N/c1-6-10-19(17-11-8-7-9-12-17)20-18(13-15(2)3)14-16(4)5/h7-9,11-12,15-16,18-20H,6,10,13-14H2,1-5H3. The van der Waals surface area contributed by atoms with E-state index in [1.165, 1.54) is 31.2 Å². The summed E-state index contributed by atoms with van der Waals surface area (Å²) in [4.78, 5) is 0. The Morgan fingerprint density at radius 2 is 1.45 bits per heavy atom. The molecule has 1 N–H and O–H groups in total. The van der Waals surface area contributed by atoms with Gasteiger partial charge in [-0.15, -0.1) is 0 Å². The third-order valence-corrected chi connectivity index (χ3v) is 3.73. The first-order valence-corrected chi connectivity index (χ1v) is 8.33. The molecule has 0 saturated carbocycles. The number of rotatable bonds is 9. The highest BCUT2D eigenvalue weighted by Gasteiger charge is 2.18. The minimum atomic E-state index is 0.503. The SMILES string of the molecule is CCCC(NC(CC(C)C)CC(C)C)c1ccccc1. The summed E-state index contributed by atoms with van der Waals surface area (Å²) in [6.07, 6.45) is 4.98. The summed E-state index contributed by atoms with van der Waals surface area (Å²) >= 11 is 0. The molecule has 0 fully saturated rings. The van der Waals surface area contributed by atoms with E-state index in [9.17, 15) is 0 Å². The molecule has 0 aliphatic rings. The predicted octanol–water partition coefficient (Wildman–Crippen LogP) is 5.58. The van der Waals surface area contributed by atoms with E-state index in [0.717, 1.165) is 11.8 Å². The Bertz CT molecular complexity index is 332. The highest BCUT2D eigenvalue weighted by Crippen LogP contribution is 2.22. The fourth-order valence-electron chi connectivity index (χ4n) is 2.98. The van der Waals surface area contributed by atoms with Gasteiger partial charge in [0.25, 0.3) is 0 Å². The first kappa shape index (κ1) is 17.2. The molecule has 0 amide bonds. The molecule has 1 heteroatoms. The van der Waals surface area contributed by atoms with Crippen LogP contribution in [-0.4, -0.2) is 6.04 Å². The summed E-state index contributed by atoms with van der Waals surface area (Å²) in [6.45, 7) is 11.6. The molecule has 0 heterocycles. The lowest BCUT2D eigenvalue weighted by Crippen LogP contribution is -2.35. The fraction of sp³-hybridized carbons (Fsp3) is 0.684. The molecule has 1 rings (SSSR count). The van der Waals surface area contributed by atoms with E-state index >= 15 is 0 Å². The highest BCUT2D eigenvalue weighted by atomic mass is 14.9. The van der Waals surface area contributed by atoms with Crippen LogP contribution in [0.15, 0.2) is 30.3 Å². The van der Waals surface area contributed by atoms with Crippen LogP contribution in [0.5, 0.6) is 0 Å². The van der Waals surface area contributed by atoms with Crippen molar-refractivity contribution in [1.82, 2.24) is 5.32 Å². The van der Waals surface area contributed by atoms with Crippen LogP contribution in [0.2, 0.25) is 0 Å². The predicted molar refractivity (Wildman–Crippen MR) is 89.9 cm³/mol. The van der Waals surface area contributed by atoms with Gasteiger partial charge in [-0.25, -0.2) is 0 Å². The Morgan fingerprint density at radius 3 is 1.90 bits per heavy atom. The molecule has 0 aliphatic carbocycles. The quantitative estimate of drug-likeness (QED) is 0.620. The average molecular weight is 275 g/mol. The second-order valence-corrected chi connectivity index (χ2v) is 6.87. The summed E-state index contributed by atoms with van der Waals surface area (Å²) in [5.41, 5.74) is 1.44. The fourth-order valence-corrected chi connectivity index (χ4v) is 2.98. The molecule has 0 saturated heterocycles. The molecule has 20 heavy (non-hydrogen) atoms. The average Bonchev–Trinajstić information content (AvgIpc) is 2.37. The molecule has 114 valence electrons. The van der Waals surface area contributed by atoms with Crippen LogP contribution in [0.3, 0.4) is 0 Å². The molecule has 0 aliphatic heterocycles. The summed E-state index contributed by atoms with van der Waals surface area (Å²) in [6, 6.07) is 12.1. The van der Waals surface area contributed by atoms with Crippen LogP contribution in [-0.2, 0) is 0 Å². The van der Waals surface area contributed by atoms with Gasteiger partial charge in [0.1, 0.15) is 0 Å². The van der Waals surface area contributed by atoms with E-state index in [1.54, 1.807) is 0 Å². The number of benzene rings is 1. The van der Waals surface area contributed by atoms with E-state index in [4.69, 9.17) is 0 Å². The second kappa shape index (κ2) is 9.18. The van der Waals surface area contributed by atoms with Crippen molar-refractivity contribution in [3.63, 3.8) is 0 Å². The summed E-state index contributed by atoms with van der Waals surface area (Å²) in [7, 11) is 0. The minimum Gasteiger partial charge on any atom is -0.307 e. The van der Waals surface area contributed by atoms with Crippen molar-refractivity contribution < 1.29 is 0 Å². The van der Waals surface area contributed by atoms with Crippen LogP contribution in [0.1, 0.15) is 71.9 Å². The van der Waals surface area contributed by atoms with Gasteiger partial charge in [-0.2, -0.15) is 0 Å². The summed E-state index contributed by atoms with van der Waals surface area (Å²) in [5, 5.41) is 3.93. The lowest BCUT2D eigenvalue weighted by Gasteiger charge is -2.28. The zero-order chi connectivity index (χ0) is 15.0. The lowest BCUT2D eigenvalue weighted by atomic mass is 9.93. The molecule has 0 aromatic heterocycles. The number of hydrogen-bond acceptors (Lipinski definition) is 1. The highest BCUT2D eigenvalue weighted by molar-refractivity contribution is 5.19. The Balaban J connectivity index is 2.74. The van der Waals surface area contributed by atoms with E-state index < -0.39 is 0 Å². The summed E-state index contributed by atoms with van der Waals surface area (Å²) < 4.78 is 0. The van der Waals surface area contributed by atoms with Crippen LogP contribution >= 0.6 is 0 Å². The number of nitrogens with one attached hydrogen (secondary N) is 1. The van der Waals surface area contributed by atoms with E-state index in [1.807, 2.05) is 0 Å². The van der Waals surface area contributed by atoms with Crippen molar-refractivity contribution in [2.24, 2.45) is 11.8 Å². The van der Waals surface area contributed by atoms with Gasteiger partial charge in [-0.3, -0.25) is 0 Å². The third-order valence-electron chi connectivity index (χ3n) is 3.73. The Hall–Kier alpha value is -0.820. The topological polar surface area (TPSA) is 12.0 Å². The molecule has 0 bridgehead atoms. The maximum atomic E-state index is 3.93. The maximum absolute atomic E-state index is 3.93. The van der Waals surface area contributed by atoms with Gasteiger partial charge in [0.15, 0.2) is 0 Å². The molecule has 1 aromatic carbocycles. The molecule has 1 unspecified atom stereocenters. The van der Waals surface area contributed by atoms with Crippen molar-refractivity contribution in [1.29, 1.82) is 0 Å². The van der Waals surface area contributed by atoms with Crippen LogP contribution in [0.25, 0.3) is 0 Å². The van der Waals surface area contributed by atoms with Crippen molar-refractivity contribution in [3.8, 4) is 0 Å². The monoisotopic (exact) mass is 275 g/mol. The van der Waals surface area contributed by atoms with Gasteiger partial charge in [-0.05, 0) is 36.7 Å². The normalized spacial score (nSPS) is 13.4. The van der Waals surface area contributed by atoms with Gasteiger partial charge >= 0.3 is 0 Å². The molecular weight excluding hydrogens is 242 g/mol. The molecular formula is C19H33N. The molecule has 1 atom stereocenters. The molecule has 0 spiro atoms. The largest absolute Gasteiger partial charge is 0.307 e. The maximum Gasteiger partial charge on any atom is 0.0322 e. The van der Waals surface area contributed by atoms with E-state index in [2.05, 4.69) is 70.3 Å². The van der Waals surface area contributed by atoms with Gasteiger partial charge in [0, 0.05) is 12.1 Å². The minimum absolute atomic E-state index is 0.503. The van der Waals surface area contributed by atoms with Crippen LogP contribution < -0.4 is 5.32 Å². The van der Waals surface area contributed by atoms with E-state index in [0.29, 0.717) is 12.1 Å². The zero-order valence-corrected chi connectivity index (χ0v) is 14.0. The van der Waals surface area contributed by atoms with Gasteiger partial charge < -0.3 is 5.32 Å². The molecule has 1 aromatic rings. The zero-order valence-electron chi connectivity index (χ0n) is 14.0. The Morgan fingerprint density at radius 1 is 0.900 bits per heavy atom. The van der Waals surface area contributed by atoms with Crippen molar-refractivity contribution in [2.45, 2.75) is 72.4 Å². The third kappa shape index (κ3) is 6.56. The first-order valence-electron chi connectivity index (χ1n) is 8.33. The molecule has 1 nitrogen and oxygen atoms in total. The van der Waals surface area contributed by atoms with Gasteiger partial charge in [0.05, 0.1) is 0 Å². The molecule has 0 radical (unpaired) electrons. The van der Waals surface area contributed by atoms with Gasteiger partial charge in [0.2, 0.25) is 0 Å². The second-order valence-electron chi connectivity index (χ2n) is 6.87. The smallest absolute Gasteiger partial charge is 0.0322 e. The van der Waals surface area contributed by atoms with E-state index in [-0.39, 0.29) is 0 Å². The van der Waals surface area contributed by atoms with Crippen molar-refractivity contribution in [2.75, 3.05) is 0 Å². The van der Waals surface area contributed by atoms with Crippen LogP contribution in [0, 0.1) is 11.8 Å². The Labute approximate surface area is 126 Å². The summed E-state index contributed by atoms with van der Waals surface area (Å²) in [5.74, 6) is 1.51. The van der Waals surface area contributed by atoms with Crippen molar-refractivity contribution >= 4 is 0 Å². The van der Waals surface area contributed by atoms with Crippen LogP contribution in [0.4, 0.5) is 0 Å². The van der Waals surface area contributed by atoms with Crippen molar-refractivity contribution in [3.05, 3.63) is 35.9 Å². The number of hydrogen-bond donors (Lipinski definition) is 1. The lowest BCUT2D eigenvalue weighted by molar-refractivity contribution is 0.319. The Kier molecular flexibility index (Phi) is 7.91.